The number of carbonyl (C=O) groups is 1. The molecule has 1 atom stereocenters. The van der Waals surface area contributed by atoms with Gasteiger partial charge in [-0.1, -0.05) is 6.92 Å². The van der Waals surface area contributed by atoms with Crippen LogP contribution in [0.15, 0.2) is 22.8 Å². The van der Waals surface area contributed by atoms with Crippen LogP contribution in [-0.4, -0.2) is 45.7 Å². The molecule has 1 amide bonds. The number of nitrogens with one attached hydrogen (secondary N) is 1. The van der Waals surface area contributed by atoms with Gasteiger partial charge in [0.05, 0.1) is 19.4 Å². The average molecular weight is 304 g/mol. The normalized spacial score (nSPS) is 18.6. The first kappa shape index (κ1) is 14.8. The number of rotatable bonds is 5. The topological polar surface area (TPSA) is 84.2 Å². The van der Waals surface area contributed by atoms with Crippen LogP contribution in [0.1, 0.15) is 36.9 Å². The number of carbonyl (C=O) groups excluding carboxylic acids is 1. The predicted octanol–water partition coefficient (Wildman–Crippen LogP) is 1.49. The van der Waals surface area contributed by atoms with E-state index in [1.165, 1.54) is 0 Å². The van der Waals surface area contributed by atoms with Crippen LogP contribution in [0.2, 0.25) is 0 Å². The van der Waals surface area contributed by atoms with Crippen molar-refractivity contribution in [2.24, 2.45) is 0 Å². The molecule has 0 unspecified atom stereocenters. The van der Waals surface area contributed by atoms with Gasteiger partial charge in [0, 0.05) is 25.8 Å². The van der Waals surface area contributed by atoms with Gasteiger partial charge in [-0.2, -0.15) is 5.10 Å². The van der Waals surface area contributed by atoms with E-state index in [4.69, 9.17) is 9.15 Å². The van der Waals surface area contributed by atoms with E-state index in [2.05, 4.69) is 15.2 Å². The Bertz CT molecular complexity index is 608. The monoisotopic (exact) mass is 304 g/mol. The first-order valence-corrected chi connectivity index (χ1v) is 7.59. The van der Waals surface area contributed by atoms with Crippen molar-refractivity contribution in [3.63, 3.8) is 0 Å². The van der Waals surface area contributed by atoms with Crippen molar-refractivity contribution >= 4 is 5.91 Å². The van der Waals surface area contributed by atoms with Gasteiger partial charge in [0.2, 0.25) is 5.91 Å². The maximum absolute atomic E-state index is 12.3. The molecule has 22 heavy (non-hydrogen) atoms. The molecule has 3 rings (SSSR count). The highest BCUT2D eigenvalue weighted by Gasteiger charge is 2.27. The minimum Gasteiger partial charge on any atom is -0.469 e. The van der Waals surface area contributed by atoms with Gasteiger partial charge in [0.1, 0.15) is 17.7 Å². The summed E-state index contributed by atoms with van der Waals surface area (Å²) in [7, 11) is 0. The Kier molecular flexibility index (Phi) is 4.53. The number of H-pyrrole nitrogens is 1. The Morgan fingerprint density at radius 3 is 3.18 bits per heavy atom. The van der Waals surface area contributed by atoms with Crippen LogP contribution >= 0.6 is 0 Å². The molecule has 118 valence electrons. The lowest BCUT2D eigenvalue weighted by Gasteiger charge is -2.31. The van der Waals surface area contributed by atoms with E-state index in [-0.39, 0.29) is 12.0 Å². The Morgan fingerprint density at radius 2 is 2.45 bits per heavy atom. The second kappa shape index (κ2) is 6.74. The summed E-state index contributed by atoms with van der Waals surface area (Å²) < 4.78 is 11.0. The molecule has 7 nitrogen and oxygen atoms in total. The zero-order valence-corrected chi connectivity index (χ0v) is 12.6. The van der Waals surface area contributed by atoms with E-state index >= 15 is 0 Å². The maximum atomic E-state index is 12.3. The van der Waals surface area contributed by atoms with E-state index in [9.17, 15) is 4.79 Å². The Hall–Kier alpha value is -2.15. The number of furan rings is 1. The highest BCUT2D eigenvalue weighted by atomic mass is 16.5. The van der Waals surface area contributed by atoms with E-state index in [0.717, 1.165) is 18.0 Å². The molecule has 7 heteroatoms. The highest BCUT2D eigenvalue weighted by molar-refractivity contribution is 5.76. The Morgan fingerprint density at radius 1 is 1.55 bits per heavy atom. The number of ether oxygens (including phenoxy) is 1. The minimum atomic E-state index is -0.252. The number of hydrogen-bond acceptors (Lipinski definition) is 5. The number of aromatic amines is 1. The summed E-state index contributed by atoms with van der Waals surface area (Å²) >= 11 is 0. The van der Waals surface area contributed by atoms with Crippen LogP contribution in [0.5, 0.6) is 0 Å². The zero-order valence-electron chi connectivity index (χ0n) is 12.6. The summed E-state index contributed by atoms with van der Waals surface area (Å²) in [5.41, 5.74) is 0. The first-order valence-electron chi connectivity index (χ1n) is 7.59. The first-order chi connectivity index (χ1) is 10.8. The van der Waals surface area contributed by atoms with Crippen molar-refractivity contribution in [2.45, 2.75) is 32.3 Å². The van der Waals surface area contributed by atoms with Crippen LogP contribution in [-0.2, 0) is 22.4 Å². The van der Waals surface area contributed by atoms with Crippen molar-refractivity contribution in [3.05, 3.63) is 35.8 Å². The van der Waals surface area contributed by atoms with Crippen molar-refractivity contribution in [1.29, 1.82) is 0 Å². The Balaban J connectivity index is 1.56. The number of nitrogens with zero attached hydrogens (tertiary/aromatic N) is 3. The molecule has 1 aliphatic rings. The zero-order chi connectivity index (χ0) is 15.4. The molecule has 0 bridgehead atoms. The fourth-order valence-corrected chi connectivity index (χ4v) is 2.49. The standard InChI is InChI=1S/C15H20N4O3/c1-2-13-16-15(18-17-13)12-10-19(7-9-22-12)14(20)6-5-11-4-3-8-21-11/h3-4,8,12H,2,5-7,9-10H2,1H3,(H,16,17,18)/t12-/m0/s1. The van der Waals surface area contributed by atoms with Gasteiger partial charge in [-0.05, 0) is 12.1 Å². The molecule has 2 aromatic rings. The quantitative estimate of drug-likeness (QED) is 0.904. The summed E-state index contributed by atoms with van der Waals surface area (Å²) in [6.07, 6.45) is 3.23. The van der Waals surface area contributed by atoms with Gasteiger partial charge in [-0.3, -0.25) is 9.89 Å². The predicted molar refractivity (Wildman–Crippen MR) is 78.1 cm³/mol. The molecule has 0 spiro atoms. The van der Waals surface area contributed by atoms with Crippen molar-refractivity contribution in [1.82, 2.24) is 20.1 Å². The summed E-state index contributed by atoms with van der Waals surface area (Å²) in [4.78, 5) is 18.5. The summed E-state index contributed by atoms with van der Waals surface area (Å²) in [5.74, 6) is 2.40. The molecule has 3 heterocycles. The third kappa shape index (κ3) is 3.36. The number of hydrogen-bond donors (Lipinski definition) is 1. The van der Waals surface area contributed by atoms with Crippen molar-refractivity contribution < 1.29 is 13.9 Å². The van der Waals surface area contributed by atoms with Gasteiger partial charge < -0.3 is 14.1 Å². The maximum Gasteiger partial charge on any atom is 0.223 e. The molecule has 2 aromatic heterocycles. The second-order valence-corrected chi connectivity index (χ2v) is 5.27. The SMILES string of the molecule is CCc1nc([C@@H]2CN(C(=O)CCc3ccco3)CCO2)n[nH]1. The fraction of sp³-hybridized carbons (Fsp3) is 0.533. The third-order valence-electron chi connectivity index (χ3n) is 3.76. The van der Waals surface area contributed by atoms with Gasteiger partial charge in [-0.15, -0.1) is 0 Å². The van der Waals surface area contributed by atoms with Crippen LogP contribution < -0.4 is 0 Å². The average Bonchev–Trinajstić information content (AvgIpc) is 3.24. The van der Waals surface area contributed by atoms with E-state index in [1.807, 2.05) is 24.0 Å². The van der Waals surface area contributed by atoms with Crippen LogP contribution in [0.4, 0.5) is 0 Å². The number of aromatic nitrogens is 3. The number of morpholine rings is 1. The molecule has 1 N–H and O–H groups in total. The molecule has 0 aliphatic carbocycles. The molecular formula is C15H20N4O3. The summed E-state index contributed by atoms with van der Waals surface area (Å²) in [5, 5.41) is 7.06. The lowest BCUT2D eigenvalue weighted by atomic mass is 10.2. The number of amides is 1. The van der Waals surface area contributed by atoms with E-state index in [0.29, 0.717) is 38.4 Å². The lowest BCUT2D eigenvalue weighted by Crippen LogP contribution is -2.42. The summed E-state index contributed by atoms with van der Waals surface area (Å²) in [6, 6.07) is 3.72. The second-order valence-electron chi connectivity index (χ2n) is 5.27. The molecule has 0 radical (unpaired) electrons. The van der Waals surface area contributed by atoms with Crippen LogP contribution in [0.3, 0.4) is 0 Å². The minimum absolute atomic E-state index is 0.107. The van der Waals surface area contributed by atoms with E-state index in [1.54, 1.807) is 6.26 Å². The molecule has 0 saturated carbocycles. The lowest BCUT2D eigenvalue weighted by molar-refractivity contribution is -0.139. The molecule has 1 fully saturated rings. The highest BCUT2D eigenvalue weighted by Crippen LogP contribution is 2.20. The largest absolute Gasteiger partial charge is 0.469 e. The van der Waals surface area contributed by atoms with Crippen LogP contribution in [0, 0.1) is 0 Å². The van der Waals surface area contributed by atoms with Gasteiger partial charge in [0.15, 0.2) is 5.82 Å². The van der Waals surface area contributed by atoms with Crippen molar-refractivity contribution in [3.8, 4) is 0 Å². The summed E-state index contributed by atoms with van der Waals surface area (Å²) in [6.45, 7) is 3.63. The van der Waals surface area contributed by atoms with Gasteiger partial charge in [-0.25, -0.2) is 4.98 Å². The third-order valence-corrected chi connectivity index (χ3v) is 3.76. The van der Waals surface area contributed by atoms with Gasteiger partial charge >= 0.3 is 0 Å². The molecular weight excluding hydrogens is 284 g/mol. The Labute approximate surface area is 128 Å². The van der Waals surface area contributed by atoms with Crippen molar-refractivity contribution in [2.75, 3.05) is 19.7 Å². The number of aryl methyl sites for hydroxylation is 2. The fourth-order valence-electron chi connectivity index (χ4n) is 2.49. The molecule has 1 aliphatic heterocycles. The molecule has 1 saturated heterocycles. The van der Waals surface area contributed by atoms with Crippen LogP contribution in [0.25, 0.3) is 0 Å². The smallest absolute Gasteiger partial charge is 0.223 e. The van der Waals surface area contributed by atoms with Gasteiger partial charge in [0.25, 0.3) is 0 Å². The molecule has 0 aromatic carbocycles. The van der Waals surface area contributed by atoms with E-state index < -0.39 is 0 Å².